The fraction of sp³-hybridized carbons (Fsp3) is 0.527. The van der Waals surface area contributed by atoms with Crippen LogP contribution in [0.25, 0.3) is 0 Å². The van der Waals surface area contributed by atoms with Crippen molar-refractivity contribution in [3.63, 3.8) is 0 Å². The van der Waals surface area contributed by atoms with Crippen molar-refractivity contribution >= 4 is 11.8 Å². The normalized spacial score (nSPS) is 35.1. The molecule has 0 radical (unpaired) electrons. The Morgan fingerprint density at radius 2 is 0.763 bits per heavy atom. The lowest BCUT2D eigenvalue weighted by Crippen LogP contribution is -2.48. The molecule has 4 aromatic carbocycles. The first-order valence-corrected chi connectivity index (χ1v) is 23.6. The maximum absolute atomic E-state index is 6.88. The zero-order valence-corrected chi connectivity index (χ0v) is 34.9. The molecule has 2 atom stereocenters. The van der Waals surface area contributed by atoms with E-state index >= 15 is 0 Å². The molecule has 8 fully saturated rings. The molecule has 0 aromatic heterocycles. The van der Waals surface area contributed by atoms with Gasteiger partial charge in [0.25, 0.3) is 0 Å². The number of rotatable bonds is 12. The summed E-state index contributed by atoms with van der Waals surface area (Å²) in [5, 5.41) is 0. The van der Waals surface area contributed by atoms with Gasteiger partial charge in [-0.2, -0.15) is 0 Å². The number of aliphatic imine (C=N–C) groups is 2. The molecular weight excluding hydrogens is 721 g/mol. The minimum absolute atomic E-state index is 0.0609. The Morgan fingerprint density at radius 3 is 1.10 bits per heavy atom. The lowest BCUT2D eigenvalue weighted by atomic mass is 9.48. The first-order chi connectivity index (χ1) is 28.9. The lowest BCUT2D eigenvalue weighted by molar-refractivity contribution is -0.00531. The van der Waals surface area contributed by atoms with Crippen LogP contribution < -0.4 is 0 Å². The topological polar surface area (TPSA) is 43.2 Å². The summed E-state index contributed by atoms with van der Waals surface area (Å²) in [6.45, 7) is 1.17. The molecule has 59 heavy (non-hydrogen) atoms. The zero-order valence-electron chi connectivity index (χ0n) is 34.9. The fourth-order valence-electron chi connectivity index (χ4n) is 15.4. The Morgan fingerprint density at radius 1 is 0.424 bits per heavy atom. The van der Waals surface area contributed by atoms with Crippen molar-refractivity contribution in [1.82, 2.24) is 0 Å². The van der Waals surface area contributed by atoms with Crippen LogP contribution in [0.2, 0.25) is 0 Å². The highest BCUT2D eigenvalue weighted by Gasteiger charge is 2.54. The van der Waals surface area contributed by atoms with Gasteiger partial charge in [-0.15, -0.1) is 0 Å². The number of ether oxygens (including phenoxy) is 2. The Kier molecular flexibility index (Phi) is 9.00. The molecule has 8 bridgehead atoms. The van der Waals surface area contributed by atoms with Gasteiger partial charge in [0.15, 0.2) is 11.8 Å². The molecule has 0 amide bonds. The van der Waals surface area contributed by atoms with Crippen LogP contribution >= 0.6 is 0 Å². The van der Waals surface area contributed by atoms with Gasteiger partial charge in [0.1, 0.15) is 18.6 Å². The minimum Gasteiger partial charge on any atom is -0.478 e. The summed E-state index contributed by atoms with van der Waals surface area (Å²) in [6, 6.07) is 41.6. The third-order valence-electron chi connectivity index (χ3n) is 17.1. The van der Waals surface area contributed by atoms with Crippen LogP contribution in [-0.2, 0) is 46.0 Å². The molecule has 4 nitrogen and oxygen atoms in total. The van der Waals surface area contributed by atoms with Crippen LogP contribution in [0.5, 0.6) is 0 Å². The third-order valence-corrected chi connectivity index (χ3v) is 17.1. The predicted octanol–water partition coefficient (Wildman–Crippen LogP) is 11.5. The predicted molar refractivity (Wildman–Crippen MR) is 237 cm³/mol. The molecule has 304 valence electrons. The van der Waals surface area contributed by atoms with Crippen molar-refractivity contribution in [2.24, 2.45) is 50.9 Å². The second-order valence-corrected chi connectivity index (χ2v) is 21.4. The molecule has 10 aliphatic rings. The van der Waals surface area contributed by atoms with Crippen molar-refractivity contribution in [3.05, 3.63) is 143 Å². The van der Waals surface area contributed by atoms with Crippen LogP contribution in [0.4, 0.5) is 0 Å². The third kappa shape index (κ3) is 6.80. The zero-order chi connectivity index (χ0) is 39.0. The van der Waals surface area contributed by atoms with E-state index in [-0.39, 0.29) is 12.1 Å². The van der Waals surface area contributed by atoms with Gasteiger partial charge in [0, 0.05) is 0 Å². The average molecular weight is 783 g/mol. The van der Waals surface area contributed by atoms with Crippen molar-refractivity contribution in [3.8, 4) is 0 Å². The number of hydrogen-bond acceptors (Lipinski definition) is 4. The Hall–Kier alpha value is -4.18. The van der Waals surface area contributed by atoms with E-state index in [1.165, 1.54) is 99.3 Å². The number of hydrogen-bond donors (Lipinski definition) is 0. The maximum Gasteiger partial charge on any atom is 0.200 e. The van der Waals surface area contributed by atoms with Crippen LogP contribution in [0.1, 0.15) is 110 Å². The van der Waals surface area contributed by atoms with E-state index in [0.29, 0.717) is 24.0 Å². The van der Waals surface area contributed by atoms with E-state index in [0.717, 1.165) is 73.0 Å². The van der Waals surface area contributed by atoms with Gasteiger partial charge in [-0.1, -0.05) is 109 Å². The highest BCUT2D eigenvalue weighted by atomic mass is 16.5. The summed E-state index contributed by atoms with van der Waals surface area (Å²) >= 11 is 0. The van der Waals surface area contributed by atoms with Crippen LogP contribution in [0.3, 0.4) is 0 Å². The monoisotopic (exact) mass is 782 g/mol. The molecule has 8 aliphatic carbocycles. The van der Waals surface area contributed by atoms with Crippen molar-refractivity contribution in [2.45, 2.75) is 126 Å². The summed E-state index contributed by atoms with van der Waals surface area (Å²) in [5.41, 5.74) is 8.52. The smallest absolute Gasteiger partial charge is 0.200 e. The summed E-state index contributed by atoms with van der Waals surface area (Å²) in [6.07, 6.45) is 20.4. The summed E-state index contributed by atoms with van der Waals surface area (Å²) < 4.78 is 13.8. The van der Waals surface area contributed by atoms with Crippen molar-refractivity contribution in [1.29, 1.82) is 0 Å². The van der Waals surface area contributed by atoms with Gasteiger partial charge in [-0.25, -0.2) is 9.98 Å². The number of nitrogens with zero attached hydrogens (tertiary/aromatic N) is 2. The molecule has 14 rings (SSSR count). The molecule has 0 spiro atoms. The summed E-state index contributed by atoms with van der Waals surface area (Å²) in [5.74, 6) is 7.24. The molecule has 0 N–H and O–H groups in total. The molecule has 8 saturated carbocycles. The van der Waals surface area contributed by atoms with Crippen LogP contribution in [0, 0.1) is 40.9 Å². The average Bonchev–Trinajstić information content (AvgIpc) is 3.92. The quantitative estimate of drug-likeness (QED) is 0.144. The van der Waals surface area contributed by atoms with Crippen molar-refractivity contribution < 1.29 is 9.47 Å². The SMILES string of the molecule is c1ccc(C[C@@H]2COC(C(Cc3ccc(C45CC6CC(CC(C6)C4)C5)cc3)(Cc3ccc(C45CC6CC(CC(C6)C4)C5)cc3)C3=N[C@H](Cc4ccccc4)CO3)=N2)cc1. The van der Waals surface area contributed by atoms with E-state index in [2.05, 4.69) is 109 Å². The standard InChI is InChI=1S/C55H62N2O2/c1-3-7-37(8-4-1)25-49-35-58-51(56-49)55(52-57-50(36-59-52)26-38-9-5-2-6-10-38,33-39-11-15-47(16-12-39)53-27-41-19-42(28-53)21-43(20-41)29-53)34-40-13-17-48(18-14-40)54-30-44-22-45(31-54)24-46(23-44)32-54/h1-18,41-46,49-50H,19-36H2/t41?,42?,43?,44?,45?,46?,49-,50-,53?,54?/m1/s1. The van der Waals surface area contributed by atoms with Crippen LogP contribution in [0.15, 0.2) is 119 Å². The number of benzene rings is 4. The Balaban J connectivity index is 0.915. The molecule has 4 heteroatoms. The molecule has 2 heterocycles. The minimum atomic E-state index is -0.652. The molecular formula is C55H62N2O2. The lowest BCUT2D eigenvalue weighted by Gasteiger charge is -2.57. The highest BCUT2D eigenvalue weighted by Crippen LogP contribution is 2.62. The second kappa shape index (κ2) is 14.5. The van der Waals surface area contributed by atoms with E-state index in [1.54, 1.807) is 11.1 Å². The Labute approximate surface area is 352 Å². The summed E-state index contributed by atoms with van der Waals surface area (Å²) in [7, 11) is 0. The van der Waals surface area contributed by atoms with E-state index in [9.17, 15) is 0 Å². The van der Waals surface area contributed by atoms with E-state index in [1.807, 2.05) is 0 Å². The molecule has 2 aliphatic heterocycles. The van der Waals surface area contributed by atoms with Gasteiger partial charge in [0.05, 0.1) is 12.1 Å². The maximum atomic E-state index is 6.88. The Bertz CT molecular complexity index is 1980. The van der Waals surface area contributed by atoms with Gasteiger partial charge in [-0.3, -0.25) is 0 Å². The van der Waals surface area contributed by atoms with Gasteiger partial charge in [-0.05, 0) is 182 Å². The first-order valence-electron chi connectivity index (χ1n) is 23.6. The van der Waals surface area contributed by atoms with Crippen LogP contribution in [-0.4, -0.2) is 37.1 Å². The molecule has 0 saturated heterocycles. The fourth-order valence-corrected chi connectivity index (χ4v) is 15.4. The van der Waals surface area contributed by atoms with Gasteiger partial charge in [0.2, 0.25) is 0 Å². The van der Waals surface area contributed by atoms with Gasteiger partial charge < -0.3 is 9.47 Å². The summed E-state index contributed by atoms with van der Waals surface area (Å²) in [4.78, 5) is 11.0. The van der Waals surface area contributed by atoms with Crippen molar-refractivity contribution in [2.75, 3.05) is 13.2 Å². The van der Waals surface area contributed by atoms with Gasteiger partial charge >= 0.3 is 0 Å². The van der Waals surface area contributed by atoms with E-state index in [4.69, 9.17) is 19.5 Å². The van der Waals surface area contributed by atoms with E-state index < -0.39 is 5.41 Å². The second-order valence-electron chi connectivity index (χ2n) is 21.4. The first kappa shape index (κ1) is 36.7. The highest BCUT2D eigenvalue weighted by molar-refractivity contribution is 6.07. The molecule has 0 unspecified atom stereocenters. The molecule has 4 aromatic rings. The largest absolute Gasteiger partial charge is 0.478 e.